The molecule has 0 spiro atoms. The number of carbonyl (C=O) groups is 2. The van der Waals surface area contributed by atoms with Gasteiger partial charge < -0.3 is 0 Å². The first-order chi connectivity index (χ1) is 10.7. The smallest absolute Gasteiger partial charge is 0.274 e. The highest BCUT2D eigenvalue weighted by molar-refractivity contribution is 6.04. The summed E-state index contributed by atoms with van der Waals surface area (Å²) in [7, 11) is 0. The first-order valence-corrected chi connectivity index (χ1v) is 7.16. The molecule has 22 heavy (non-hydrogen) atoms. The van der Waals surface area contributed by atoms with Gasteiger partial charge in [0.1, 0.15) is 0 Å². The Morgan fingerprint density at radius 1 is 0.955 bits per heavy atom. The maximum atomic E-state index is 12.3. The van der Waals surface area contributed by atoms with E-state index in [1.54, 1.807) is 6.92 Å². The second kappa shape index (κ2) is 7.80. The summed E-state index contributed by atoms with van der Waals surface area (Å²) in [6, 6.07) is 18.7. The Labute approximate surface area is 130 Å². The first kappa shape index (κ1) is 15.5. The van der Waals surface area contributed by atoms with E-state index in [1.807, 2.05) is 60.7 Å². The summed E-state index contributed by atoms with van der Waals surface area (Å²) in [6.45, 7) is 1.98. The molecular formula is C19H17NO2. The fraction of sp³-hybridized carbons (Fsp3) is 0.158. The third kappa shape index (κ3) is 4.32. The molecule has 0 N–H and O–H groups in total. The molecule has 3 heteroatoms. The molecule has 3 nitrogen and oxygen atoms in total. The number of hydrogen-bond donors (Lipinski definition) is 0. The van der Waals surface area contributed by atoms with Crippen molar-refractivity contribution in [2.75, 3.05) is 0 Å². The van der Waals surface area contributed by atoms with Crippen LogP contribution in [0.4, 0.5) is 0 Å². The van der Waals surface area contributed by atoms with Gasteiger partial charge in [-0.25, -0.2) is 0 Å². The molecule has 0 heterocycles. The number of hydrogen-bond acceptors (Lipinski definition) is 2. The maximum Gasteiger partial charge on any atom is 0.305 e. The Kier molecular flexibility index (Phi) is 5.50. The molecule has 0 bridgehead atoms. The molecule has 0 saturated heterocycles. The highest BCUT2D eigenvalue weighted by Crippen LogP contribution is 2.06. The van der Waals surface area contributed by atoms with Crippen molar-refractivity contribution in [1.82, 2.24) is 4.90 Å². The number of benzene rings is 2. The number of carbonyl (C=O) groups excluding carboxylic acids is 2. The monoisotopic (exact) mass is 291 g/mol. The van der Waals surface area contributed by atoms with E-state index in [1.165, 1.54) is 4.90 Å². The van der Waals surface area contributed by atoms with Gasteiger partial charge in [-0.05, 0) is 17.7 Å². The van der Waals surface area contributed by atoms with Crippen molar-refractivity contribution in [1.29, 1.82) is 0 Å². The second-order valence-corrected chi connectivity index (χ2v) is 4.74. The van der Waals surface area contributed by atoms with E-state index in [4.69, 9.17) is 0 Å². The lowest BCUT2D eigenvalue weighted by Gasteiger charge is -2.17. The summed E-state index contributed by atoms with van der Waals surface area (Å²) in [6.07, 6.45) is 0.269. The summed E-state index contributed by atoms with van der Waals surface area (Å²) in [5, 5.41) is 0. The van der Waals surface area contributed by atoms with Gasteiger partial charge in [0.05, 0.1) is 6.54 Å². The van der Waals surface area contributed by atoms with E-state index in [0.717, 1.165) is 11.1 Å². The van der Waals surface area contributed by atoms with Gasteiger partial charge in [-0.2, -0.15) is 0 Å². The standard InChI is InChI=1S/C19H17NO2/c1-2-18(21)20(15-17-11-7-4-8-12-17)19(22)14-13-16-9-5-3-6-10-16/h3-12H,2,15H2,1H3. The zero-order valence-corrected chi connectivity index (χ0v) is 12.5. The maximum absolute atomic E-state index is 12.3. The normalized spacial score (nSPS) is 9.50. The fourth-order valence-electron chi connectivity index (χ4n) is 1.94. The van der Waals surface area contributed by atoms with Gasteiger partial charge in [0.25, 0.3) is 0 Å². The highest BCUT2D eigenvalue weighted by atomic mass is 16.2. The quantitative estimate of drug-likeness (QED) is 0.815. The molecule has 0 aliphatic rings. The Balaban J connectivity index is 2.17. The lowest BCUT2D eigenvalue weighted by atomic mass is 10.2. The summed E-state index contributed by atoms with van der Waals surface area (Å²) in [4.78, 5) is 25.5. The van der Waals surface area contributed by atoms with Crippen LogP contribution in [-0.2, 0) is 16.1 Å². The van der Waals surface area contributed by atoms with Crippen LogP contribution in [0.3, 0.4) is 0 Å². The van der Waals surface area contributed by atoms with Crippen molar-refractivity contribution in [3.8, 4) is 11.8 Å². The molecular weight excluding hydrogens is 274 g/mol. The lowest BCUT2D eigenvalue weighted by Crippen LogP contribution is -2.35. The average molecular weight is 291 g/mol. The van der Waals surface area contributed by atoms with E-state index in [9.17, 15) is 9.59 Å². The predicted octanol–water partition coefficient (Wildman–Crippen LogP) is 3.00. The Hall–Kier alpha value is -2.86. The topological polar surface area (TPSA) is 37.4 Å². The van der Waals surface area contributed by atoms with Crippen LogP contribution in [0.2, 0.25) is 0 Å². The molecule has 2 aromatic carbocycles. The summed E-state index contributed by atoms with van der Waals surface area (Å²) in [5.41, 5.74) is 1.65. The fourth-order valence-corrected chi connectivity index (χ4v) is 1.94. The van der Waals surface area contributed by atoms with Crippen molar-refractivity contribution in [2.45, 2.75) is 19.9 Å². The third-order valence-electron chi connectivity index (χ3n) is 3.12. The number of imide groups is 1. The minimum absolute atomic E-state index is 0.226. The molecule has 0 aliphatic carbocycles. The molecule has 0 aromatic heterocycles. The molecule has 110 valence electrons. The molecule has 0 unspecified atom stereocenters. The van der Waals surface area contributed by atoms with E-state index in [2.05, 4.69) is 11.8 Å². The minimum atomic E-state index is -0.473. The Morgan fingerprint density at radius 2 is 1.55 bits per heavy atom. The van der Waals surface area contributed by atoms with Gasteiger partial charge in [0.2, 0.25) is 5.91 Å². The zero-order chi connectivity index (χ0) is 15.8. The van der Waals surface area contributed by atoms with E-state index >= 15 is 0 Å². The van der Waals surface area contributed by atoms with Crippen LogP contribution < -0.4 is 0 Å². The number of amides is 2. The van der Waals surface area contributed by atoms with Gasteiger partial charge in [0, 0.05) is 17.9 Å². The third-order valence-corrected chi connectivity index (χ3v) is 3.12. The minimum Gasteiger partial charge on any atom is -0.274 e. The molecule has 2 aromatic rings. The van der Waals surface area contributed by atoms with Crippen LogP contribution in [0.1, 0.15) is 24.5 Å². The Morgan fingerprint density at radius 3 is 2.14 bits per heavy atom. The molecule has 0 radical (unpaired) electrons. The van der Waals surface area contributed by atoms with Crippen molar-refractivity contribution in [3.05, 3.63) is 71.8 Å². The Bertz CT molecular complexity index is 696. The number of nitrogens with zero attached hydrogens (tertiary/aromatic N) is 1. The van der Waals surface area contributed by atoms with E-state index in [0.29, 0.717) is 0 Å². The van der Waals surface area contributed by atoms with Crippen LogP contribution in [0.5, 0.6) is 0 Å². The summed E-state index contributed by atoms with van der Waals surface area (Å²) < 4.78 is 0. The van der Waals surface area contributed by atoms with Crippen molar-refractivity contribution in [2.24, 2.45) is 0 Å². The van der Waals surface area contributed by atoms with E-state index < -0.39 is 5.91 Å². The van der Waals surface area contributed by atoms with Crippen molar-refractivity contribution < 1.29 is 9.59 Å². The van der Waals surface area contributed by atoms with Gasteiger partial charge in [-0.1, -0.05) is 61.4 Å². The van der Waals surface area contributed by atoms with Gasteiger partial charge in [-0.15, -0.1) is 0 Å². The van der Waals surface area contributed by atoms with Crippen LogP contribution in [0, 0.1) is 11.8 Å². The predicted molar refractivity (Wildman–Crippen MR) is 85.6 cm³/mol. The molecule has 0 atom stereocenters. The van der Waals surface area contributed by atoms with Gasteiger partial charge in [-0.3, -0.25) is 14.5 Å². The van der Waals surface area contributed by atoms with Gasteiger partial charge >= 0.3 is 5.91 Å². The zero-order valence-electron chi connectivity index (χ0n) is 12.5. The number of rotatable bonds is 3. The highest BCUT2D eigenvalue weighted by Gasteiger charge is 2.18. The molecule has 2 amide bonds. The van der Waals surface area contributed by atoms with Crippen LogP contribution in [0.25, 0.3) is 0 Å². The average Bonchev–Trinajstić information content (AvgIpc) is 2.58. The van der Waals surface area contributed by atoms with Crippen molar-refractivity contribution in [3.63, 3.8) is 0 Å². The molecule has 0 fully saturated rings. The molecule has 2 rings (SSSR count). The summed E-state index contributed by atoms with van der Waals surface area (Å²) >= 11 is 0. The van der Waals surface area contributed by atoms with Crippen LogP contribution in [0.15, 0.2) is 60.7 Å². The first-order valence-electron chi connectivity index (χ1n) is 7.16. The molecule has 0 saturated carbocycles. The summed E-state index contributed by atoms with van der Waals surface area (Å²) in [5.74, 6) is 4.65. The lowest BCUT2D eigenvalue weighted by molar-refractivity contribution is -0.141. The van der Waals surface area contributed by atoms with E-state index in [-0.39, 0.29) is 18.9 Å². The SMILES string of the molecule is CCC(=O)N(Cc1ccccc1)C(=O)C#Cc1ccccc1. The van der Waals surface area contributed by atoms with Crippen LogP contribution >= 0.6 is 0 Å². The largest absolute Gasteiger partial charge is 0.305 e. The van der Waals surface area contributed by atoms with Crippen molar-refractivity contribution >= 4 is 11.8 Å². The molecule has 0 aliphatic heterocycles. The van der Waals surface area contributed by atoms with Crippen LogP contribution in [-0.4, -0.2) is 16.7 Å². The van der Waals surface area contributed by atoms with Gasteiger partial charge in [0.15, 0.2) is 0 Å². The second-order valence-electron chi connectivity index (χ2n) is 4.74.